The predicted molar refractivity (Wildman–Crippen MR) is 70.5 cm³/mol. The van der Waals surface area contributed by atoms with Crippen LogP contribution in [0.15, 0.2) is 42.7 Å². The van der Waals surface area contributed by atoms with Gasteiger partial charge < -0.3 is 9.84 Å². The Kier molecular flexibility index (Phi) is 3.81. The lowest BCUT2D eigenvalue weighted by molar-refractivity contribution is 0.0568. The molecule has 0 spiro atoms. The van der Waals surface area contributed by atoms with E-state index in [1.165, 1.54) is 12.3 Å². The zero-order valence-corrected chi connectivity index (χ0v) is 10.9. The lowest BCUT2D eigenvalue weighted by Gasteiger charge is -2.23. The van der Waals surface area contributed by atoms with Gasteiger partial charge in [0, 0.05) is 18.2 Å². The number of hydrogen-bond acceptors (Lipinski definition) is 3. The Bertz CT molecular complexity index is 570. The molecule has 4 heteroatoms. The van der Waals surface area contributed by atoms with Crippen LogP contribution in [0.2, 0.25) is 0 Å². The molecule has 2 aromatic rings. The molecule has 1 atom stereocenters. The largest absolute Gasteiger partial charge is 0.497 e. The molecule has 0 radical (unpaired) electrons. The Morgan fingerprint density at radius 2 is 2.11 bits per heavy atom. The summed E-state index contributed by atoms with van der Waals surface area (Å²) >= 11 is 0. The van der Waals surface area contributed by atoms with Crippen LogP contribution in [-0.2, 0) is 12.0 Å². The Labute approximate surface area is 111 Å². The molecular formula is C15H16FNO2. The number of ether oxygens (including phenoxy) is 1. The zero-order valence-electron chi connectivity index (χ0n) is 10.9. The third kappa shape index (κ3) is 3.29. The van der Waals surface area contributed by atoms with Crippen molar-refractivity contribution in [3.05, 3.63) is 59.7 Å². The van der Waals surface area contributed by atoms with Crippen molar-refractivity contribution in [3.63, 3.8) is 0 Å². The highest BCUT2D eigenvalue weighted by Gasteiger charge is 2.24. The van der Waals surface area contributed by atoms with Gasteiger partial charge in [-0.05, 0) is 30.7 Å². The fourth-order valence-corrected chi connectivity index (χ4v) is 1.99. The topological polar surface area (TPSA) is 42.4 Å². The maximum absolute atomic E-state index is 13.2. The van der Waals surface area contributed by atoms with Crippen LogP contribution in [0.3, 0.4) is 0 Å². The molecule has 0 saturated heterocycles. The molecule has 1 heterocycles. The minimum Gasteiger partial charge on any atom is -0.497 e. The van der Waals surface area contributed by atoms with Crippen molar-refractivity contribution >= 4 is 0 Å². The Morgan fingerprint density at radius 1 is 1.32 bits per heavy atom. The van der Waals surface area contributed by atoms with Crippen molar-refractivity contribution in [2.45, 2.75) is 18.9 Å². The number of pyridine rings is 1. The normalized spacial score (nSPS) is 13.9. The monoisotopic (exact) mass is 261 g/mol. The second-order valence-electron chi connectivity index (χ2n) is 4.69. The van der Waals surface area contributed by atoms with E-state index in [0.29, 0.717) is 12.0 Å². The molecular weight excluding hydrogens is 245 g/mol. The smallest absolute Gasteiger partial charge is 0.141 e. The van der Waals surface area contributed by atoms with Crippen molar-refractivity contribution in [2.24, 2.45) is 0 Å². The van der Waals surface area contributed by atoms with Gasteiger partial charge in [-0.3, -0.25) is 4.98 Å². The van der Waals surface area contributed by atoms with E-state index in [9.17, 15) is 9.50 Å². The number of halogens is 1. The molecule has 100 valence electrons. The standard InChI is InChI=1S/C15H16FNO2/c1-15(18,12-7-13(16)10-17-9-12)8-11-4-3-5-14(6-11)19-2/h3-7,9-10,18H,8H2,1-2H3. The molecule has 0 aliphatic rings. The van der Waals surface area contributed by atoms with Gasteiger partial charge in [-0.15, -0.1) is 0 Å². The predicted octanol–water partition coefficient (Wildman–Crippen LogP) is 2.68. The molecule has 1 N–H and O–H groups in total. The van der Waals surface area contributed by atoms with Gasteiger partial charge in [0.15, 0.2) is 0 Å². The first kappa shape index (κ1) is 13.5. The molecule has 19 heavy (non-hydrogen) atoms. The highest BCUT2D eigenvalue weighted by molar-refractivity contribution is 5.31. The van der Waals surface area contributed by atoms with Crippen LogP contribution in [0.5, 0.6) is 5.75 Å². The molecule has 0 aliphatic carbocycles. The quantitative estimate of drug-likeness (QED) is 0.920. The first-order chi connectivity index (χ1) is 9.01. The van der Waals surface area contributed by atoms with E-state index < -0.39 is 11.4 Å². The van der Waals surface area contributed by atoms with E-state index in [-0.39, 0.29) is 0 Å². The molecule has 0 amide bonds. The number of nitrogens with zero attached hydrogens (tertiary/aromatic N) is 1. The summed E-state index contributed by atoms with van der Waals surface area (Å²) in [5.74, 6) is 0.272. The third-order valence-electron chi connectivity index (χ3n) is 3.01. The van der Waals surface area contributed by atoms with E-state index in [2.05, 4.69) is 4.98 Å². The number of benzene rings is 1. The fourth-order valence-electron chi connectivity index (χ4n) is 1.99. The summed E-state index contributed by atoms with van der Waals surface area (Å²) < 4.78 is 18.3. The summed E-state index contributed by atoms with van der Waals surface area (Å²) in [4.78, 5) is 3.77. The molecule has 1 aromatic carbocycles. The Hall–Kier alpha value is -1.94. The van der Waals surface area contributed by atoms with Crippen LogP contribution in [0.4, 0.5) is 4.39 Å². The van der Waals surface area contributed by atoms with Gasteiger partial charge in [0.05, 0.1) is 18.9 Å². The van der Waals surface area contributed by atoms with Crippen molar-refractivity contribution in [3.8, 4) is 5.75 Å². The number of methoxy groups -OCH3 is 1. The van der Waals surface area contributed by atoms with E-state index >= 15 is 0 Å². The average Bonchev–Trinajstić information content (AvgIpc) is 2.38. The summed E-state index contributed by atoms with van der Waals surface area (Å²) in [5, 5.41) is 10.5. The first-order valence-electron chi connectivity index (χ1n) is 5.97. The minimum atomic E-state index is -1.18. The Balaban J connectivity index is 2.25. The summed E-state index contributed by atoms with van der Waals surface area (Å²) in [6, 6.07) is 8.73. The van der Waals surface area contributed by atoms with Gasteiger partial charge in [0.1, 0.15) is 11.6 Å². The van der Waals surface area contributed by atoms with Crippen LogP contribution >= 0.6 is 0 Å². The number of rotatable bonds is 4. The summed E-state index contributed by atoms with van der Waals surface area (Å²) in [6.07, 6.45) is 2.95. The van der Waals surface area contributed by atoms with Crippen LogP contribution in [0.1, 0.15) is 18.1 Å². The fraction of sp³-hybridized carbons (Fsp3) is 0.267. The zero-order chi connectivity index (χ0) is 13.9. The van der Waals surface area contributed by atoms with Gasteiger partial charge in [-0.2, -0.15) is 0 Å². The lowest BCUT2D eigenvalue weighted by atomic mass is 9.90. The highest BCUT2D eigenvalue weighted by Crippen LogP contribution is 2.26. The third-order valence-corrected chi connectivity index (χ3v) is 3.01. The molecule has 3 nitrogen and oxygen atoms in total. The van der Waals surface area contributed by atoms with Crippen LogP contribution in [0, 0.1) is 5.82 Å². The van der Waals surface area contributed by atoms with Gasteiger partial charge in [-0.25, -0.2) is 4.39 Å². The second-order valence-corrected chi connectivity index (χ2v) is 4.69. The average molecular weight is 261 g/mol. The first-order valence-corrected chi connectivity index (χ1v) is 5.97. The molecule has 2 rings (SSSR count). The molecule has 0 fully saturated rings. The van der Waals surface area contributed by atoms with Gasteiger partial charge in [-0.1, -0.05) is 12.1 Å². The summed E-state index contributed by atoms with van der Waals surface area (Å²) in [5.41, 5.74) is 0.186. The molecule has 1 unspecified atom stereocenters. The Morgan fingerprint density at radius 3 is 2.79 bits per heavy atom. The summed E-state index contributed by atoms with van der Waals surface area (Å²) in [7, 11) is 1.59. The van der Waals surface area contributed by atoms with Gasteiger partial charge in [0.2, 0.25) is 0 Å². The van der Waals surface area contributed by atoms with E-state index in [4.69, 9.17) is 4.74 Å². The van der Waals surface area contributed by atoms with Crippen molar-refractivity contribution in [1.82, 2.24) is 4.98 Å². The number of aromatic nitrogens is 1. The second kappa shape index (κ2) is 5.36. The van der Waals surface area contributed by atoms with Crippen molar-refractivity contribution < 1.29 is 14.2 Å². The van der Waals surface area contributed by atoms with Crippen LogP contribution < -0.4 is 4.74 Å². The minimum absolute atomic E-state index is 0.356. The van der Waals surface area contributed by atoms with E-state index in [1.807, 2.05) is 24.3 Å². The maximum Gasteiger partial charge on any atom is 0.141 e. The molecule has 0 bridgehead atoms. The van der Waals surface area contributed by atoms with Gasteiger partial charge >= 0.3 is 0 Å². The van der Waals surface area contributed by atoms with Crippen molar-refractivity contribution in [2.75, 3.05) is 7.11 Å². The van der Waals surface area contributed by atoms with E-state index in [0.717, 1.165) is 17.5 Å². The molecule has 1 aromatic heterocycles. The SMILES string of the molecule is COc1cccc(CC(C)(O)c2cncc(F)c2)c1. The van der Waals surface area contributed by atoms with Crippen molar-refractivity contribution in [1.29, 1.82) is 0 Å². The maximum atomic E-state index is 13.2. The highest BCUT2D eigenvalue weighted by atomic mass is 19.1. The van der Waals surface area contributed by atoms with Crippen LogP contribution in [-0.4, -0.2) is 17.2 Å². The molecule has 0 aliphatic heterocycles. The van der Waals surface area contributed by atoms with Crippen LogP contribution in [0.25, 0.3) is 0 Å². The van der Waals surface area contributed by atoms with Gasteiger partial charge in [0.25, 0.3) is 0 Å². The number of hydrogen-bond donors (Lipinski definition) is 1. The molecule has 0 saturated carbocycles. The van der Waals surface area contributed by atoms with E-state index in [1.54, 1.807) is 14.0 Å². The summed E-state index contributed by atoms with van der Waals surface area (Å²) in [6.45, 7) is 1.64. The number of aliphatic hydroxyl groups is 1. The lowest BCUT2D eigenvalue weighted by Crippen LogP contribution is -2.24.